The van der Waals surface area contributed by atoms with Gasteiger partial charge in [-0.3, -0.25) is 4.79 Å². The predicted molar refractivity (Wildman–Crippen MR) is 71.3 cm³/mol. The van der Waals surface area contributed by atoms with Crippen molar-refractivity contribution in [2.75, 3.05) is 24.7 Å². The number of carbonyl (C=O) groups excluding carboxylic acids is 1. The van der Waals surface area contributed by atoms with Crippen LogP contribution < -0.4 is 10.6 Å². The summed E-state index contributed by atoms with van der Waals surface area (Å²) < 4.78 is 22.5. The van der Waals surface area contributed by atoms with Gasteiger partial charge in [-0.25, -0.2) is 8.42 Å². The minimum Gasteiger partial charge on any atom is -0.325 e. The predicted octanol–water partition coefficient (Wildman–Crippen LogP) is 1.03. The molecule has 0 atom stereocenters. The highest BCUT2D eigenvalue weighted by Gasteiger charge is 2.07. The molecule has 2 N–H and O–H groups in total. The molecule has 0 bridgehead atoms. The van der Waals surface area contributed by atoms with Gasteiger partial charge in [0.15, 0.2) is 9.84 Å². The number of nitrogens with one attached hydrogen (secondary N) is 2. The third kappa shape index (κ3) is 4.85. The van der Waals surface area contributed by atoms with Crippen molar-refractivity contribution in [3.8, 4) is 0 Å². The van der Waals surface area contributed by atoms with Crippen LogP contribution in [0.4, 0.5) is 5.69 Å². The van der Waals surface area contributed by atoms with Crippen molar-refractivity contribution in [2.45, 2.75) is 18.2 Å². The second-order valence-corrected chi connectivity index (χ2v) is 6.04. The number of anilines is 1. The van der Waals surface area contributed by atoms with Crippen molar-refractivity contribution >= 4 is 21.4 Å². The van der Waals surface area contributed by atoms with Gasteiger partial charge in [0.1, 0.15) is 0 Å². The van der Waals surface area contributed by atoms with Crippen molar-refractivity contribution in [3.05, 3.63) is 24.3 Å². The Kier molecular flexibility index (Phi) is 5.30. The van der Waals surface area contributed by atoms with E-state index in [0.29, 0.717) is 5.69 Å². The Morgan fingerprint density at radius 2 is 1.83 bits per heavy atom. The zero-order chi connectivity index (χ0) is 13.6. The van der Waals surface area contributed by atoms with Crippen LogP contribution in [0.25, 0.3) is 0 Å². The van der Waals surface area contributed by atoms with Crippen LogP contribution in [0.15, 0.2) is 29.2 Å². The van der Waals surface area contributed by atoms with Gasteiger partial charge in [0.2, 0.25) is 5.91 Å². The summed E-state index contributed by atoms with van der Waals surface area (Å²) >= 11 is 0. The molecule has 0 aromatic heterocycles. The lowest BCUT2D eigenvalue weighted by atomic mass is 10.3. The molecule has 0 fully saturated rings. The van der Waals surface area contributed by atoms with Gasteiger partial charge in [-0.2, -0.15) is 0 Å². The molecule has 0 saturated heterocycles. The lowest BCUT2D eigenvalue weighted by Crippen LogP contribution is -2.28. The summed E-state index contributed by atoms with van der Waals surface area (Å²) in [4.78, 5) is 11.7. The molecule has 0 saturated carbocycles. The normalized spacial score (nSPS) is 11.2. The molecule has 0 heterocycles. The van der Waals surface area contributed by atoms with E-state index in [2.05, 4.69) is 10.6 Å². The van der Waals surface area contributed by atoms with Crippen LogP contribution in [0, 0.1) is 0 Å². The van der Waals surface area contributed by atoms with E-state index in [0.717, 1.165) is 19.2 Å². The van der Waals surface area contributed by atoms with Crippen LogP contribution in [-0.2, 0) is 14.6 Å². The minimum atomic E-state index is -3.19. The minimum absolute atomic E-state index is 0.143. The van der Waals surface area contributed by atoms with Gasteiger partial charge in [-0.1, -0.05) is 6.92 Å². The lowest BCUT2D eigenvalue weighted by molar-refractivity contribution is -0.115. The first kappa shape index (κ1) is 14.7. The van der Waals surface area contributed by atoms with Crippen LogP contribution in [0.2, 0.25) is 0 Å². The molecule has 1 rings (SSSR count). The molecule has 0 unspecified atom stereocenters. The topological polar surface area (TPSA) is 75.3 Å². The number of hydrogen-bond acceptors (Lipinski definition) is 4. The Morgan fingerprint density at radius 3 is 2.33 bits per heavy atom. The van der Waals surface area contributed by atoms with E-state index in [1.54, 1.807) is 12.1 Å². The zero-order valence-electron chi connectivity index (χ0n) is 10.6. The zero-order valence-corrected chi connectivity index (χ0v) is 11.4. The average Bonchev–Trinajstić information content (AvgIpc) is 2.29. The molecule has 1 aromatic carbocycles. The first-order valence-corrected chi connectivity index (χ1v) is 7.63. The Labute approximate surface area is 108 Å². The van der Waals surface area contributed by atoms with E-state index in [4.69, 9.17) is 0 Å². The number of hydrogen-bond donors (Lipinski definition) is 2. The quantitative estimate of drug-likeness (QED) is 0.757. The molecule has 100 valence electrons. The molecule has 6 heteroatoms. The second kappa shape index (κ2) is 6.51. The third-order valence-electron chi connectivity index (χ3n) is 2.28. The number of rotatable bonds is 6. The van der Waals surface area contributed by atoms with Crippen molar-refractivity contribution in [2.24, 2.45) is 0 Å². The highest BCUT2D eigenvalue weighted by atomic mass is 32.2. The standard InChI is InChI=1S/C12H18N2O3S/c1-3-8-13-9-12(15)14-10-4-6-11(7-5-10)18(2,16)17/h4-7,13H,3,8-9H2,1-2H3,(H,14,15). The molecule has 5 nitrogen and oxygen atoms in total. The SMILES string of the molecule is CCCNCC(=O)Nc1ccc(S(C)(=O)=O)cc1. The van der Waals surface area contributed by atoms with E-state index >= 15 is 0 Å². The van der Waals surface area contributed by atoms with Gasteiger partial charge in [0, 0.05) is 11.9 Å². The van der Waals surface area contributed by atoms with Gasteiger partial charge >= 0.3 is 0 Å². The number of carbonyl (C=O) groups is 1. The molecular formula is C12H18N2O3S. The van der Waals surface area contributed by atoms with Crippen LogP contribution >= 0.6 is 0 Å². The fourth-order valence-corrected chi connectivity index (χ4v) is 2.00. The molecule has 0 radical (unpaired) electrons. The van der Waals surface area contributed by atoms with Crippen molar-refractivity contribution in [3.63, 3.8) is 0 Å². The molecule has 18 heavy (non-hydrogen) atoms. The highest BCUT2D eigenvalue weighted by Crippen LogP contribution is 2.13. The van der Waals surface area contributed by atoms with E-state index in [1.807, 2.05) is 6.92 Å². The maximum atomic E-state index is 11.5. The Bertz CT molecular complexity index is 495. The van der Waals surface area contributed by atoms with Crippen LogP contribution in [0.1, 0.15) is 13.3 Å². The third-order valence-corrected chi connectivity index (χ3v) is 3.41. The van der Waals surface area contributed by atoms with E-state index < -0.39 is 9.84 Å². The van der Waals surface area contributed by atoms with Crippen molar-refractivity contribution < 1.29 is 13.2 Å². The van der Waals surface area contributed by atoms with Crippen molar-refractivity contribution in [1.82, 2.24) is 5.32 Å². The number of benzene rings is 1. The Balaban J connectivity index is 2.56. The van der Waals surface area contributed by atoms with Crippen LogP contribution in [-0.4, -0.2) is 33.7 Å². The van der Waals surface area contributed by atoms with E-state index in [1.165, 1.54) is 12.1 Å². The largest absolute Gasteiger partial charge is 0.325 e. The highest BCUT2D eigenvalue weighted by molar-refractivity contribution is 7.90. The first-order valence-electron chi connectivity index (χ1n) is 5.74. The molecule has 1 amide bonds. The summed E-state index contributed by atoms with van der Waals surface area (Å²) in [5.74, 6) is -0.143. The monoisotopic (exact) mass is 270 g/mol. The molecule has 1 aromatic rings. The molecule has 0 aliphatic rings. The van der Waals surface area contributed by atoms with Gasteiger partial charge in [0.25, 0.3) is 0 Å². The first-order chi connectivity index (χ1) is 8.43. The summed E-state index contributed by atoms with van der Waals surface area (Å²) in [6, 6.07) is 6.11. The molecular weight excluding hydrogens is 252 g/mol. The summed E-state index contributed by atoms with van der Waals surface area (Å²) in [7, 11) is -3.19. The molecule has 0 spiro atoms. The average molecular weight is 270 g/mol. The number of sulfone groups is 1. The smallest absolute Gasteiger partial charge is 0.238 e. The molecule has 0 aliphatic heterocycles. The summed E-state index contributed by atoms with van der Waals surface area (Å²) in [5, 5.41) is 5.67. The summed E-state index contributed by atoms with van der Waals surface area (Å²) in [6.45, 7) is 3.07. The van der Waals surface area contributed by atoms with E-state index in [-0.39, 0.29) is 17.3 Å². The maximum Gasteiger partial charge on any atom is 0.238 e. The maximum absolute atomic E-state index is 11.5. The lowest BCUT2D eigenvalue weighted by Gasteiger charge is -2.06. The molecule has 0 aliphatic carbocycles. The van der Waals surface area contributed by atoms with Gasteiger partial charge < -0.3 is 10.6 Å². The van der Waals surface area contributed by atoms with Gasteiger partial charge in [-0.15, -0.1) is 0 Å². The summed E-state index contributed by atoms with van der Waals surface area (Å²) in [5.41, 5.74) is 0.589. The fraction of sp³-hybridized carbons (Fsp3) is 0.417. The van der Waals surface area contributed by atoms with Crippen LogP contribution in [0.5, 0.6) is 0 Å². The number of amides is 1. The van der Waals surface area contributed by atoms with Crippen molar-refractivity contribution in [1.29, 1.82) is 0 Å². The Hall–Kier alpha value is -1.40. The fourth-order valence-electron chi connectivity index (χ4n) is 1.37. The van der Waals surface area contributed by atoms with Gasteiger partial charge in [-0.05, 0) is 37.2 Å². The summed E-state index contributed by atoms with van der Waals surface area (Å²) in [6.07, 6.45) is 2.12. The van der Waals surface area contributed by atoms with Crippen LogP contribution in [0.3, 0.4) is 0 Å². The Morgan fingerprint density at radius 1 is 1.22 bits per heavy atom. The second-order valence-electron chi connectivity index (χ2n) is 4.02. The van der Waals surface area contributed by atoms with Gasteiger partial charge in [0.05, 0.1) is 11.4 Å². The van der Waals surface area contributed by atoms with E-state index in [9.17, 15) is 13.2 Å².